The minimum Gasteiger partial charge on any atom is -0.494 e. The van der Waals surface area contributed by atoms with E-state index in [1.54, 1.807) is 0 Å². The first-order valence-electron chi connectivity index (χ1n) is 7.42. The lowest BCUT2D eigenvalue weighted by molar-refractivity contribution is -0.114. The molecule has 0 saturated heterocycles. The highest BCUT2D eigenvalue weighted by molar-refractivity contribution is 5.93. The summed E-state index contributed by atoms with van der Waals surface area (Å²) in [6.45, 7) is 6.90. The lowest BCUT2D eigenvalue weighted by Gasteiger charge is -2.10. The maximum atomic E-state index is 12.0. The molecule has 0 bridgehead atoms. The number of anilines is 2. The van der Waals surface area contributed by atoms with E-state index >= 15 is 0 Å². The van der Waals surface area contributed by atoms with Crippen molar-refractivity contribution in [1.82, 2.24) is 0 Å². The molecule has 2 aromatic carbocycles. The molecule has 2 N–H and O–H groups in total. The van der Waals surface area contributed by atoms with E-state index < -0.39 is 0 Å². The van der Waals surface area contributed by atoms with Gasteiger partial charge in [0.15, 0.2) is 0 Å². The van der Waals surface area contributed by atoms with E-state index in [9.17, 15) is 4.79 Å². The highest BCUT2D eigenvalue weighted by Gasteiger charge is 2.03. The molecule has 0 spiro atoms. The van der Waals surface area contributed by atoms with E-state index in [0.29, 0.717) is 6.61 Å². The van der Waals surface area contributed by atoms with Gasteiger partial charge in [0.1, 0.15) is 5.75 Å². The summed E-state index contributed by atoms with van der Waals surface area (Å²) in [7, 11) is 0. The van der Waals surface area contributed by atoms with Crippen LogP contribution in [-0.4, -0.2) is 19.1 Å². The third kappa shape index (κ3) is 4.52. The van der Waals surface area contributed by atoms with Gasteiger partial charge < -0.3 is 15.4 Å². The van der Waals surface area contributed by atoms with E-state index in [1.807, 2.05) is 56.3 Å². The molecule has 0 aliphatic heterocycles. The second-order valence-corrected chi connectivity index (χ2v) is 5.16. The van der Waals surface area contributed by atoms with Gasteiger partial charge in [-0.1, -0.05) is 6.07 Å². The normalized spacial score (nSPS) is 10.1. The topological polar surface area (TPSA) is 50.4 Å². The Morgan fingerprint density at radius 3 is 2.32 bits per heavy atom. The van der Waals surface area contributed by atoms with Gasteiger partial charge in [-0.15, -0.1) is 0 Å². The first kappa shape index (κ1) is 15.9. The Labute approximate surface area is 131 Å². The predicted octanol–water partition coefficient (Wildman–Crippen LogP) is 3.75. The summed E-state index contributed by atoms with van der Waals surface area (Å²) in [6, 6.07) is 13.5. The molecule has 0 aromatic heterocycles. The number of hydrogen-bond acceptors (Lipinski definition) is 3. The lowest BCUT2D eigenvalue weighted by atomic mass is 10.1. The molecule has 2 aromatic rings. The van der Waals surface area contributed by atoms with Crippen molar-refractivity contribution in [3.05, 3.63) is 53.6 Å². The molecular formula is C18H22N2O2. The fourth-order valence-electron chi connectivity index (χ4n) is 2.04. The summed E-state index contributed by atoms with van der Waals surface area (Å²) >= 11 is 0. The van der Waals surface area contributed by atoms with Gasteiger partial charge in [-0.25, -0.2) is 0 Å². The molecule has 4 nitrogen and oxygen atoms in total. The van der Waals surface area contributed by atoms with Crippen molar-refractivity contribution >= 4 is 17.3 Å². The number of carbonyl (C=O) groups excluding carboxylic acids is 1. The molecular weight excluding hydrogens is 276 g/mol. The second-order valence-electron chi connectivity index (χ2n) is 5.16. The van der Waals surface area contributed by atoms with E-state index in [2.05, 4.69) is 17.6 Å². The highest BCUT2D eigenvalue weighted by Crippen LogP contribution is 2.16. The van der Waals surface area contributed by atoms with Gasteiger partial charge in [0, 0.05) is 11.4 Å². The third-order valence-corrected chi connectivity index (χ3v) is 3.41. The minimum absolute atomic E-state index is 0.0721. The molecule has 22 heavy (non-hydrogen) atoms. The van der Waals surface area contributed by atoms with Crippen LogP contribution in [0, 0.1) is 13.8 Å². The molecule has 4 heteroatoms. The molecule has 0 radical (unpaired) electrons. The maximum absolute atomic E-state index is 12.0. The van der Waals surface area contributed by atoms with Crippen LogP contribution in [0.3, 0.4) is 0 Å². The fraction of sp³-hybridized carbons (Fsp3) is 0.278. The molecule has 0 heterocycles. The van der Waals surface area contributed by atoms with Crippen molar-refractivity contribution in [2.75, 3.05) is 23.8 Å². The molecule has 2 rings (SSSR count). The van der Waals surface area contributed by atoms with Crippen LogP contribution in [0.5, 0.6) is 5.75 Å². The van der Waals surface area contributed by atoms with Crippen LogP contribution in [-0.2, 0) is 4.79 Å². The van der Waals surface area contributed by atoms with Gasteiger partial charge >= 0.3 is 0 Å². The van der Waals surface area contributed by atoms with Gasteiger partial charge in [-0.3, -0.25) is 4.79 Å². The van der Waals surface area contributed by atoms with Gasteiger partial charge in [0.25, 0.3) is 0 Å². The summed E-state index contributed by atoms with van der Waals surface area (Å²) in [5.41, 5.74) is 4.09. The summed E-state index contributed by atoms with van der Waals surface area (Å²) in [4.78, 5) is 12.0. The summed E-state index contributed by atoms with van der Waals surface area (Å²) in [5.74, 6) is 0.754. The zero-order valence-corrected chi connectivity index (χ0v) is 13.3. The zero-order chi connectivity index (χ0) is 15.9. The van der Waals surface area contributed by atoms with E-state index in [-0.39, 0.29) is 12.5 Å². The van der Waals surface area contributed by atoms with Crippen molar-refractivity contribution in [1.29, 1.82) is 0 Å². The molecule has 0 aliphatic carbocycles. The Morgan fingerprint density at radius 1 is 1.00 bits per heavy atom. The monoisotopic (exact) mass is 298 g/mol. The number of amides is 1. The molecule has 0 aliphatic rings. The SMILES string of the molecule is CCOc1ccc(NCC(=O)Nc2ccc(C)c(C)c2)cc1. The average Bonchev–Trinajstić information content (AvgIpc) is 2.51. The van der Waals surface area contributed by atoms with E-state index in [1.165, 1.54) is 5.56 Å². The summed E-state index contributed by atoms with van der Waals surface area (Å²) in [5, 5.41) is 5.98. The minimum atomic E-state index is -0.0721. The first-order chi connectivity index (χ1) is 10.6. The Balaban J connectivity index is 1.85. The van der Waals surface area contributed by atoms with E-state index in [4.69, 9.17) is 4.74 Å². The van der Waals surface area contributed by atoms with Crippen molar-refractivity contribution in [2.45, 2.75) is 20.8 Å². The summed E-state index contributed by atoms with van der Waals surface area (Å²) < 4.78 is 5.38. The van der Waals surface area contributed by atoms with Gasteiger partial charge in [0.2, 0.25) is 5.91 Å². The Bertz CT molecular complexity index is 636. The lowest BCUT2D eigenvalue weighted by Crippen LogP contribution is -2.21. The number of aryl methyl sites for hydroxylation is 2. The number of rotatable bonds is 6. The predicted molar refractivity (Wildman–Crippen MR) is 90.6 cm³/mol. The Morgan fingerprint density at radius 2 is 1.68 bits per heavy atom. The van der Waals surface area contributed by atoms with E-state index in [0.717, 1.165) is 22.7 Å². The van der Waals surface area contributed by atoms with Crippen LogP contribution in [0.25, 0.3) is 0 Å². The molecule has 0 atom stereocenters. The molecule has 116 valence electrons. The molecule has 1 amide bonds. The standard InChI is InChI=1S/C18H22N2O2/c1-4-22-17-9-7-15(8-10-17)19-12-18(21)20-16-6-5-13(2)14(3)11-16/h5-11,19H,4,12H2,1-3H3,(H,20,21). The van der Waals surface area contributed by atoms with Gasteiger partial charge in [-0.05, 0) is 68.3 Å². The second kappa shape index (κ2) is 7.50. The highest BCUT2D eigenvalue weighted by atomic mass is 16.5. The van der Waals surface area contributed by atoms with Crippen LogP contribution in [0.1, 0.15) is 18.1 Å². The number of nitrogens with one attached hydrogen (secondary N) is 2. The van der Waals surface area contributed by atoms with Crippen LogP contribution < -0.4 is 15.4 Å². The fourth-order valence-corrected chi connectivity index (χ4v) is 2.04. The van der Waals surface area contributed by atoms with Crippen molar-refractivity contribution in [3.63, 3.8) is 0 Å². The first-order valence-corrected chi connectivity index (χ1v) is 7.42. The maximum Gasteiger partial charge on any atom is 0.243 e. The van der Waals surface area contributed by atoms with Crippen LogP contribution in [0.2, 0.25) is 0 Å². The Kier molecular flexibility index (Phi) is 5.42. The number of benzene rings is 2. The molecule has 0 unspecified atom stereocenters. The van der Waals surface area contributed by atoms with Crippen molar-refractivity contribution in [2.24, 2.45) is 0 Å². The number of hydrogen-bond donors (Lipinski definition) is 2. The summed E-state index contributed by atoms with van der Waals surface area (Å²) in [6.07, 6.45) is 0. The van der Waals surface area contributed by atoms with Crippen molar-refractivity contribution < 1.29 is 9.53 Å². The number of ether oxygens (including phenoxy) is 1. The Hall–Kier alpha value is -2.49. The van der Waals surface area contributed by atoms with Gasteiger partial charge in [0.05, 0.1) is 13.2 Å². The smallest absolute Gasteiger partial charge is 0.243 e. The van der Waals surface area contributed by atoms with Gasteiger partial charge in [-0.2, -0.15) is 0 Å². The van der Waals surface area contributed by atoms with Crippen LogP contribution in [0.15, 0.2) is 42.5 Å². The molecule has 0 fully saturated rings. The third-order valence-electron chi connectivity index (χ3n) is 3.41. The van der Waals surface area contributed by atoms with Crippen LogP contribution >= 0.6 is 0 Å². The number of carbonyl (C=O) groups is 1. The largest absolute Gasteiger partial charge is 0.494 e. The quantitative estimate of drug-likeness (QED) is 0.854. The van der Waals surface area contributed by atoms with Crippen molar-refractivity contribution in [3.8, 4) is 5.75 Å². The van der Waals surface area contributed by atoms with Crippen LogP contribution in [0.4, 0.5) is 11.4 Å². The zero-order valence-electron chi connectivity index (χ0n) is 13.3. The molecule has 0 saturated carbocycles. The average molecular weight is 298 g/mol.